The third-order valence-corrected chi connectivity index (χ3v) is 4.79. The Labute approximate surface area is 115 Å². The Morgan fingerprint density at radius 2 is 2.00 bits per heavy atom. The minimum atomic E-state index is -0.426. The van der Waals surface area contributed by atoms with Crippen molar-refractivity contribution in [1.29, 1.82) is 0 Å². The highest BCUT2D eigenvalue weighted by Crippen LogP contribution is 2.37. The minimum absolute atomic E-state index is 0.426. The number of pyridine rings is 1. The number of hydrogen-bond acceptors (Lipinski definition) is 3. The van der Waals surface area contributed by atoms with Gasteiger partial charge in [-0.25, -0.2) is 4.98 Å². The van der Waals surface area contributed by atoms with Crippen LogP contribution in [-0.2, 0) is 0 Å². The SMILES string of the molecule is CC(O)c1ccc(N2CCCC3CCCCC32)nc1. The zero-order valence-corrected chi connectivity index (χ0v) is 11.8. The molecule has 2 aliphatic rings. The molecule has 1 saturated heterocycles. The highest BCUT2D eigenvalue weighted by Gasteiger charge is 2.33. The number of aliphatic hydroxyl groups is 1. The Morgan fingerprint density at radius 3 is 2.74 bits per heavy atom. The summed E-state index contributed by atoms with van der Waals surface area (Å²) in [6.45, 7) is 2.93. The van der Waals surface area contributed by atoms with E-state index in [0.717, 1.165) is 23.8 Å². The molecule has 2 heterocycles. The van der Waals surface area contributed by atoms with Crippen molar-refractivity contribution in [3.63, 3.8) is 0 Å². The number of aliphatic hydroxyl groups excluding tert-OH is 1. The minimum Gasteiger partial charge on any atom is -0.389 e. The van der Waals surface area contributed by atoms with Gasteiger partial charge >= 0.3 is 0 Å². The van der Waals surface area contributed by atoms with Crippen LogP contribution < -0.4 is 4.90 Å². The number of aromatic nitrogens is 1. The Kier molecular flexibility index (Phi) is 3.74. The zero-order valence-electron chi connectivity index (χ0n) is 11.8. The molecule has 19 heavy (non-hydrogen) atoms. The molecular formula is C16H24N2O. The Morgan fingerprint density at radius 1 is 1.21 bits per heavy atom. The van der Waals surface area contributed by atoms with Gasteiger partial charge in [0.25, 0.3) is 0 Å². The molecule has 3 atom stereocenters. The van der Waals surface area contributed by atoms with Gasteiger partial charge in [0.2, 0.25) is 0 Å². The summed E-state index contributed by atoms with van der Waals surface area (Å²) >= 11 is 0. The van der Waals surface area contributed by atoms with Gasteiger partial charge in [0.1, 0.15) is 5.82 Å². The van der Waals surface area contributed by atoms with Crippen molar-refractivity contribution in [2.24, 2.45) is 5.92 Å². The van der Waals surface area contributed by atoms with Gasteiger partial charge in [-0.05, 0) is 50.2 Å². The Hall–Kier alpha value is -1.09. The van der Waals surface area contributed by atoms with Crippen molar-refractivity contribution in [3.05, 3.63) is 23.9 Å². The number of piperidine rings is 1. The fourth-order valence-corrected chi connectivity index (χ4v) is 3.72. The molecule has 0 aromatic carbocycles. The van der Waals surface area contributed by atoms with E-state index in [1.165, 1.54) is 38.5 Å². The van der Waals surface area contributed by atoms with Crippen LogP contribution in [0.3, 0.4) is 0 Å². The topological polar surface area (TPSA) is 36.4 Å². The molecule has 1 aromatic heterocycles. The van der Waals surface area contributed by atoms with Crippen LogP contribution in [0.5, 0.6) is 0 Å². The quantitative estimate of drug-likeness (QED) is 0.886. The molecule has 1 aliphatic carbocycles. The van der Waals surface area contributed by atoms with Crippen LogP contribution in [0.25, 0.3) is 0 Å². The molecule has 0 bridgehead atoms. The molecule has 1 saturated carbocycles. The van der Waals surface area contributed by atoms with Crippen LogP contribution >= 0.6 is 0 Å². The molecule has 2 fully saturated rings. The van der Waals surface area contributed by atoms with E-state index < -0.39 is 6.10 Å². The van der Waals surface area contributed by atoms with Crippen LogP contribution in [0.4, 0.5) is 5.82 Å². The highest BCUT2D eigenvalue weighted by molar-refractivity contribution is 5.42. The van der Waals surface area contributed by atoms with Crippen molar-refractivity contribution >= 4 is 5.82 Å². The number of hydrogen-bond donors (Lipinski definition) is 1. The van der Waals surface area contributed by atoms with E-state index in [4.69, 9.17) is 0 Å². The van der Waals surface area contributed by atoms with Gasteiger partial charge < -0.3 is 10.0 Å². The van der Waals surface area contributed by atoms with Crippen LogP contribution in [0.2, 0.25) is 0 Å². The second kappa shape index (κ2) is 5.49. The average Bonchev–Trinajstić information content (AvgIpc) is 2.47. The predicted molar refractivity (Wildman–Crippen MR) is 77.2 cm³/mol. The first-order chi connectivity index (χ1) is 9.25. The molecule has 3 heteroatoms. The van der Waals surface area contributed by atoms with Gasteiger partial charge in [0.05, 0.1) is 6.10 Å². The fourth-order valence-electron chi connectivity index (χ4n) is 3.72. The summed E-state index contributed by atoms with van der Waals surface area (Å²) in [5.41, 5.74) is 0.904. The third-order valence-electron chi connectivity index (χ3n) is 4.79. The lowest BCUT2D eigenvalue weighted by molar-refractivity contribution is 0.199. The summed E-state index contributed by atoms with van der Waals surface area (Å²) in [6.07, 6.45) is 9.58. The first kappa shape index (κ1) is 12.9. The van der Waals surface area contributed by atoms with Crippen molar-refractivity contribution in [1.82, 2.24) is 4.98 Å². The van der Waals surface area contributed by atoms with Crippen molar-refractivity contribution in [2.45, 2.75) is 57.6 Å². The normalized spacial score (nSPS) is 28.8. The number of rotatable bonds is 2. The number of fused-ring (bicyclic) bond motifs is 1. The molecule has 104 valence electrons. The zero-order chi connectivity index (χ0) is 13.2. The summed E-state index contributed by atoms with van der Waals surface area (Å²) in [7, 11) is 0. The maximum absolute atomic E-state index is 9.56. The van der Waals surface area contributed by atoms with E-state index >= 15 is 0 Å². The molecule has 3 rings (SSSR count). The molecule has 3 nitrogen and oxygen atoms in total. The van der Waals surface area contributed by atoms with Crippen molar-refractivity contribution in [3.8, 4) is 0 Å². The molecular weight excluding hydrogens is 236 g/mol. The van der Waals surface area contributed by atoms with Gasteiger partial charge in [-0.3, -0.25) is 0 Å². The average molecular weight is 260 g/mol. The third kappa shape index (κ3) is 2.62. The molecule has 0 radical (unpaired) electrons. The maximum atomic E-state index is 9.56. The van der Waals surface area contributed by atoms with Gasteiger partial charge in [0, 0.05) is 18.8 Å². The predicted octanol–water partition coefficient (Wildman–Crippen LogP) is 3.29. The first-order valence-electron chi connectivity index (χ1n) is 7.66. The maximum Gasteiger partial charge on any atom is 0.128 e. The molecule has 0 spiro atoms. The second-order valence-electron chi connectivity index (χ2n) is 6.07. The molecule has 1 aromatic rings. The van der Waals surface area contributed by atoms with Gasteiger partial charge in [-0.1, -0.05) is 18.9 Å². The van der Waals surface area contributed by atoms with Crippen LogP contribution in [0, 0.1) is 5.92 Å². The van der Waals surface area contributed by atoms with E-state index in [1.807, 2.05) is 12.3 Å². The lowest BCUT2D eigenvalue weighted by Crippen LogP contribution is -2.47. The molecule has 1 N–H and O–H groups in total. The van der Waals surface area contributed by atoms with E-state index in [2.05, 4.69) is 16.0 Å². The van der Waals surface area contributed by atoms with Crippen molar-refractivity contribution < 1.29 is 5.11 Å². The summed E-state index contributed by atoms with van der Waals surface area (Å²) in [5.74, 6) is 1.97. The van der Waals surface area contributed by atoms with E-state index in [9.17, 15) is 5.11 Å². The second-order valence-corrected chi connectivity index (χ2v) is 6.07. The summed E-state index contributed by atoms with van der Waals surface area (Å²) < 4.78 is 0. The first-order valence-corrected chi connectivity index (χ1v) is 7.66. The summed E-state index contributed by atoms with van der Waals surface area (Å²) in [6, 6.07) is 4.80. The Bertz CT molecular complexity index is 413. The van der Waals surface area contributed by atoms with Crippen LogP contribution in [0.15, 0.2) is 18.3 Å². The fraction of sp³-hybridized carbons (Fsp3) is 0.688. The van der Waals surface area contributed by atoms with Gasteiger partial charge in [-0.15, -0.1) is 0 Å². The van der Waals surface area contributed by atoms with Crippen LogP contribution in [-0.4, -0.2) is 22.7 Å². The largest absolute Gasteiger partial charge is 0.389 e. The Balaban J connectivity index is 1.79. The van der Waals surface area contributed by atoms with E-state index in [-0.39, 0.29) is 0 Å². The number of anilines is 1. The van der Waals surface area contributed by atoms with Crippen molar-refractivity contribution in [2.75, 3.05) is 11.4 Å². The highest BCUT2D eigenvalue weighted by atomic mass is 16.3. The van der Waals surface area contributed by atoms with Crippen LogP contribution in [0.1, 0.15) is 57.1 Å². The molecule has 1 aliphatic heterocycles. The monoisotopic (exact) mass is 260 g/mol. The van der Waals surface area contributed by atoms with E-state index in [1.54, 1.807) is 6.92 Å². The lowest BCUT2D eigenvalue weighted by atomic mass is 9.78. The standard InChI is InChI=1S/C16H24N2O/c1-12(19)14-8-9-16(17-11-14)18-10-4-6-13-5-2-3-7-15(13)18/h8-9,11-13,15,19H,2-7,10H2,1H3. The van der Waals surface area contributed by atoms with Gasteiger partial charge in [0.15, 0.2) is 0 Å². The summed E-state index contributed by atoms with van der Waals surface area (Å²) in [5, 5.41) is 9.56. The number of nitrogens with zero attached hydrogens (tertiary/aromatic N) is 2. The molecule has 3 unspecified atom stereocenters. The smallest absolute Gasteiger partial charge is 0.128 e. The van der Waals surface area contributed by atoms with E-state index in [0.29, 0.717) is 6.04 Å². The lowest BCUT2D eigenvalue weighted by Gasteiger charge is -2.44. The summed E-state index contributed by atoms with van der Waals surface area (Å²) in [4.78, 5) is 7.09. The van der Waals surface area contributed by atoms with Gasteiger partial charge in [-0.2, -0.15) is 0 Å². The molecule has 0 amide bonds.